The number of aromatic nitrogens is 2. The number of ether oxygens (including phenoxy) is 2. The molecule has 2 rings (SSSR count). The summed E-state index contributed by atoms with van der Waals surface area (Å²) < 4.78 is 22.8. The second-order valence-corrected chi connectivity index (χ2v) is 7.54. The Morgan fingerprint density at radius 1 is 1.52 bits per heavy atom. The zero-order valence-corrected chi connectivity index (χ0v) is 13.8. The Balaban J connectivity index is 2.32. The van der Waals surface area contributed by atoms with E-state index in [0.717, 1.165) is 0 Å². The van der Waals surface area contributed by atoms with Crippen molar-refractivity contribution < 1.29 is 23.8 Å². The van der Waals surface area contributed by atoms with E-state index in [1.54, 1.807) is 13.8 Å². The molecule has 1 saturated heterocycles. The molecule has 11 heteroatoms. The molecule has 1 fully saturated rings. The van der Waals surface area contributed by atoms with Gasteiger partial charge in [0.05, 0.1) is 5.54 Å². The van der Waals surface area contributed by atoms with E-state index >= 15 is 0 Å². The predicted molar refractivity (Wildman–Crippen MR) is 79.7 cm³/mol. The molecule has 1 aliphatic rings. The maximum absolute atomic E-state index is 12.0. The molecule has 0 bridgehead atoms. The number of H-pyrrole nitrogens is 1. The lowest BCUT2D eigenvalue weighted by atomic mass is 9.89. The van der Waals surface area contributed by atoms with E-state index in [2.05, 4.69) is 4.98 Å². The van der Waals surface area contributed by atoms with Crippen molar-refractivity contribution in [2.75, 3.05) is 6.35 Å². The first kappa shape index (κ1) is 18.1. The van der Waals surface area contributed by atoms with Gasteiger partial charge in [-0.15, -0.1) is 0 Å². The quantitative estimate of drug-likeness (QED) is 0.515. The summed E-state index contributed by atoms with van der Waals surface area (Å²) >= 11 is 0. The minimum absolute atomic E-state index is 0.318. The molecule has 0 radical (unpaired) electrons. The van der Waals surface area contributed by atoms with Crippen LogP contribution in [0, 0.1) is 12.8 Å². The Hall–Kier alpha value is -1.29. The Labute approximate surface area is 131 Å². The van der Waals surface area contributed by atoms with E-state index in [1.165, 1.54) is 17.7 Å². The van der Waals surface area contributed by atoms with Crippen molar-refractivity contribution in [3.05, 3.63) is 32.6 Å². The number of nitrogens with two attached hydrogens (primary N) is 1. The first-order valence-electron chi connectivity index (χ1n) is 6.86. The van der Waals surface area contributed by atoms with Crippen LogP contribution < -0.4 is 17.0 Å². The number of rotatable bonds is 4. The molecule has 1 aliphatic heterocycles. The third-order valence-electron chi connectivity index (χ3n) is 3.99. The van der Waals surface area contributed by atoms with Crippen LogP contribution in [0.2, 0.25) is 0 Å². The average molecular weight is 349 g/mol. The zero-order valence-electron chi connectivity index (χ0n) is 12.9. The molecule has 0 aromatic carbocycles. The largest absolute Gasteiger partial charge is 0.351 e. The standard InChI is InChI=1S/C12H20N3O7P/c1-6-4-15(11(17)14-8(6)16)9-7(2)12(3,13)10(22-9)21-5-23(18,19)20/h4,7,9-10H,5,13H2,1-3H3,(H,14,16,17)(H2,18,19,20)/t7-,9-,10+,12+/m1/s1. The van der Waals surface area contributed by atoms with Crippen LogP contribution in [0.4, 0.5) is 0 Å². The van der Waals surface area contributed by atoms with E-state index in [9.17, 15) is 14.2 Å². The van der Waals surface area contributed by atoms with Gasteiger partial charge in [0.25, 0.3) is 5.56 Å². The third kappa shape index (κ3) is 3.63. The second-order valence-electron chi connectivity index (χ2n) is 5.95. The van der Waals surface area contributed by atoms with Gasteiger partial charge in [-0.05, 0) is 13.8 Å². The summed E-state index contributed by atoms with van der Waals surface area (Å²) in [6, 6.07) is 0. The minimum Gasteiger partial charge on any atom is -0.338 e. The first-order chi connectivity index (χ1) is 10.4. The number of nitrogens with one attached hydrogen (secondary N) is 1. The maximum atomic E-state index is 12.0. The van der Waals surface area contributed by atoms with Crippen molar-refractivity contribution in [2.45, 2.75) is 38.8 Å². The van der Waals surface area contributed by atoms with E-state index in [4.69, 9.17) is 25.0 Å². The van der Waals surface area contributed by atoms with Crippen molar-refractivity contribution in [3.8, 4) is 0 Å². The molecule has 23 heavy (non-hydrogen) atoms. The Morgan fingerprint density at radius 2 is 2.13 bits per heavy atom. The summed E-state index contributed by atoms with van der Waals surface area (Å²) in [6.07, 6.45) is -1.45. The van der Waals surface area contributed by atoms with Gasteiger partial charge in [-0.25, -0.2) is 4.79 Å². The fourth-order valence-corrected chi connectivity index (χ4v) is 2.71. The van der Waals surface area contributed by atoms with Crippen molar-refractivity contribution in [2.24, 2.45) is 11.7 Å². The van der Waals surface area contributed by atoms with Crippen LogP contribution in [0.1, 0.15) is 25.6 Å². The molecule has 2 heterocycles. The van der Waals surface area contributed by atoms with Crippen LogP contribution in [0.15, 0.2) is 15.8 Å². The monoisotopic (exact) mass is 349 g/mol. The number of hydrogen-bond acceptors (Lipinski definition) is 6. The lowest BCUT2D eigenvalue weighted by molar-refractivity contribution is -0.158. The van der Waals surface area contributed by atoms with Crippen molar-refractivity contribution in [1.82, 2.24) is 9.55 Å². The molecule has 0 amide bonds. The molecule has 0 aliphatic carbocycles. The van der Waals surface area contributed by atoms with Gasteiger partial charge in [0.15, 0.2) is 12.6 Å². The second kappa shape index (κ2) is 5.97. The van der Waals surface area contributed by atoms with Gasteiger partial charge in [-0.1, -0.05) is 6.92 Å². The highest BCUT2D eigenvalue weighted by molar-refractivity contribution is 7.51. The van der Waals surface area contributed by atoms with Gasteiger partial charge in [0.2, 0.25) is 0 Å². The summed E-state index contributed by atoms with van der Waals surface area (Å²) in [5.74, 6) is -0.424. The van der Waals surface area contributed by atoms with Crippen LogP contribution in [0.25, 0.3) is 0 Å². The molecule has 130 valence electrons. The van der Waals surface area contributed by atoms with Crippen LogP contribution in [-0.2, 0) is 14.0 Å². The first-order valence-corrected chi connectivity index (χ1v) is 8.66. The highest BCUT2D eigenvalue weighted by Crippen LogP contribution is 2.43. The van der Waals surface area contributed by atoms with E-state index in [-0.39, 0.29) is 0 Å². The average Bonchev–Trinajstić information content (AvgIpc) is 2.63. The lowest BCUT2D eigenvalue weighted by Gasteiger charge is -2.28. The molecule has 1 aromatic rings. The Morgan fingerprint density at radius 3 is 2.70 bits per heavy atom. The van der Waals surface area contributed by atoms with Crippen LogP contribution in [0.5, 0.6) is 0 Å². The van der Waals surface area contributed by atoms with Gasteiger partial charge in [-0.2, -0.15) is 0 Å². The third-order valence-corrected chi connectivity index (χ3v) is 4.48. The van der Waals surface area contributed by atoms with Crippen LogP contribution in [0.3, 0.4) is 0 Å². The molecule has 0 unspecified atom stereocenters. The molecule has 10 nitrogen and oxygen atoms in total. The molecule has 0 saturated carbocycles. The fraction of sp³-hybridized carbons (Fsp3) is 0.667. The number of nitrogens with zero attached hydrogens (tertiary/aromatic N) is 1. The fourth-order valence-electron chi connectivity index (χ4n) is 2.38. The van der Waals surface area contributed by atoms with Gasteiger partial charge in [0.1, 0.15) is 6.23 Å². The lowest BCUT2D eigenvalue weighted by Crippen LogP contribution is -2.50. The molecular weight excluding hydrogens is 329 g/mol. The van der Waals surface area contributed by atoms with Gasteiger partial charge >= 0.3 is 13.3 Å². The summed E-state index contributed by atoms with van der Waals surface area (Å²) in [5.41, 5.74) is 4.21. The van der Waals surface area contributed by atoms with Crippen molar-refractivity contribution in [3.63, 3.8) is 0 Å². The highest BCUT2D eigenvalue weighted by atomic mass is 31.2. The number of hydrogen-bond donors (Lipinski definition) is 4. The van der Waals surface area contributed by atoms with Crippen LogP contribution in [-0.4, -0.2) is 37.5 Å². The molecule has 5 N–H and O–H groups in total. The molecule has 0 spiro atoms. The minimum atomic E-state index is -4.38. The smallest absolute Gasteiger partial charge is 0.338 e. The van der Waals surface area contributed by atoms with Crippen molar-refractivity contribution >= 4 is 7.60 Å². The summed E-state index contributed by atoms with van der Waals surface area (Å²) in [7, 11) is -4.38. The predicted octanol–water partition coefficient (Wildman–Crippen LogP) is -0.795. The Bertz CT molecular complexity index is 750. The Kier molecular flexibility index (Phi) is 4.69. The number of aromatic amines is 1. The van der Waals surface area contributed by atoms with Gasteiger partial charge in [0, 0.05) is 17.7 Å². The molecular formula is C12H20N3O7P. The summed E-state index contributed by atoms with van der Waals surface area (Å²) in [6.45, 7) is 4.86. The number of aryl methyl sites for hydroxylation is 1. The topological polar surface area (TPSA) is 157 Å². The van der Waals surface area contributed by atoms with E-state index in [0.29, 0.717) is 5.56 Å². The van der Waals surface area contributed by atoms with E-state index in [1.807, 2.05) is 0 Å². The highest BCUT2D eigenvalue weighted by Gasteiger charge is 2.51. The van der Waals surface area contributed by atoms with Gasteiger partial charge in [-0.3, -0.25) is 18.9 Å². The van der Waals surface area contributed by atoms with Crippen LogP contribution >= 0.6 is 7.60 Å². The molecule has 1 aromatic heterocycles. The summed E-state index contributed by atoms with van der Waals surface area (Å²) in [5, 5.41) is 0. The van der Waals surface area contributed by atoms with Crippen molar-refractivity contribution in [1.29, 1.82) is 0 Å². The summed E-state index contributed by atoms with van der Waals surface area (Å²) in [4.78, 5) is 43.4. The normalized spacial score (nSPS) is 31.5. The zero-order chi connectivity index (χ0) is 17.6. The molecule has 4 atom stereocenters. The SMILES string of the molecule is Cc1cn([C@@H]2O[C@H](OCP(=O)(O)O)[C@@](C)(N)[C@@H]2C)c(=O)[nH]c1=O. The van der Waals surface area contributed by atoms with E-state index < -0.39 is 49.2 Å². The van der Waals surface area contributed by atoms with Gasteiger partial charge < -0.3 is 25.0 Å². The maximum Gasteiger partial charge on any atom is 0.351 e.